The van der Waals surface area contributed by atoms with E-state index in [1.807, 2.05) is 0 Å². The fourth-order valence-corrected chi connectivity index (χ4v) is 0.768. The summed E-state index contributed by atoms with van der Waals surface area (Å²) in [6, 6.07) is 0. The molecule has 1 heterocycles. The fourth-order valence-electron chi connectivity index (χ4n) is 0.768. The van der Waals surface area contributed by atoms with Crippen LogP contribution in [0.4, 0.5) is 4.39 Å². The highest BCUT2D eigenvalue weighted by Gasteiger charge is 2.11. The van der Waals surface area contributed by atoms with E-state index in [9.17, 15) is 9.18 Å². The van der Waals surface area contributed by atoms with Crippen molar-refractivity contribution < 1.29 is 13.6 Å². The number of aromatic nitrogens is 1. The molecule has 1 N–H and O–H groups in total. The molecule has 1 aromatic rings. The number of halogens is 1. The Kier molecular flexibility index (Phi) is 2.79. The van der Waals surface area contributed by atoms with Gasteiger partial charge in [0.05, 0.1) is 0 Å². The van der Waals surface area contributed by atoms with Crippen LogP contribution in [0.2, 0.25) is 0 Å². The van der Waals surface area contributed by atoms with Gasteiger partial charge in [-0.3, -0.25) is 4.79 Å². The number of nitrogens with zero attached hydrogens (tertiary/aromatic N) is 1. The number of carbonyl (C=O) groups is 1. The lowest BCUT2D eigenvalue weighted by molar-refractivity contribution is 0.0945. The largest absolute Gasteiger partial charge is 0.448 e. The monoisotopic (exact) mass is 172 g/mol. The van der Waals surface area contributed by atoms with Gasteiger partial charge in [0.25, 0.3) is 5.91 Å². The minimum Gasteiger partial charge on any atom is -0.448 e. The molecule has 0 radical (unpaired) electrons. The normalized spacial score (nSPS) is 9.83. The van der Waals surface area contributed by atoms with E-state index in [0.717, 1.165) is 0 Å². The van der Waals surface area contributed by atoms with Gasteiger partial charge in [-0.2, -0.15) is 0 Å². The molecule has 0 aliphatic rings. The van der Waals surface area contributed by atoms with Crippen LogP contribution >= 0.6 is 0 Å². The Hall–Kier alpha value is -1.39. The SMILES string of the molecule is Cc1ocnc1C(=O)NCCF. The number of amides is 1. The van der Waals surface area contributed by atoms with Gasteiger partial charge in [-0.25, -0.2) is 9.37 Å². The summed E-state index contributed by atoms with van der Waals surface area (Å²) in [5.41, 5.74) is 0.212. The molecule has 66 valence electrons. The molecule has 1 amide bonds. The summed E-state index contributed by atoms with van der Waals surface area (Å²) in [6.07, 6.45) is 1.18. The molecule has 0 aromatic carbocycles. The van der Waals surface area contributed by atoms with Crippen molar-refractivity contribution in [2.75, 3.05) is 13.2 Å². The zero-order valence-corrected chi connectivity index (χ0v) is 6.63. The summed E-state index contributed by atoms with van der Waals surface area (Å²) in [5, 5.41) is 2.34. The van der Waals surface area contributed by atoms with Crippen LogP contribution in [0, 0.1) is 6.92 Å². The van der Waals surface area contributed by atoms with Crippen molar-refractivity contribution in [1.82, 2.24) is 10.3 Å². The number of oxazole rings is 1. The van der Waals surface area contributed by atoms with Crippen molar-refractivity contribution in [3.8, 4) is 0 Å². The van der Waals surface area contributed by atoms with E-state index in [4.69, 9.17) is 4.42 Å². The molecule has 12 heavy (non-hydrogen) atoms. The summed E-state index contributed by atoms with van der Waals surface area (Å²) in [6.45, 7) is 1.05. The molecule has 0 fully saturated rings. The molecular formula is C7H9FN2O2. The van der Waals surface area contributed by atoms with Crippen molar-refractivity contribution in [3.63, 3.8) is 0 Å². The van der Waals surface area contributed by atoms with Crippen LogP contribution in [0.1, 0.15) is 16.2 Å². The lowest BCUT2D eigenvalue weighted by Gasteiger charge is -1.98. The Labute approximate surface area is 68.8 Å². The first-order valence-electron chi connectivity index (χ1n) is 3.50. The van der Waals surface area contributed by atoms with Crippen molar-refractivity contribution in [3.05, 3.63) is 17.8 Å². The van der Waals surface area contributed by atoms with E-state index < -0.39 is 12.6 Å². The summed E-state index contributed by atoms with van der Waals surface area (Å²) in [4.78, 5) is 14.8. The molecule has 0 bridgehead atoms. The predicted molar refractivity (Wildman–Crippen MR) is 39.5 cm³/mol. The maximum Gasteiger partial charge on any atom is 0.273 e. The average Bonchev–Trinajstić information content (AvgIpc) is 2.47. The Morgan fingerprint density at radius 1 is 1.83 bits per heavy atom. The number of hydrogen-bond donors (Lipinski definition) is 1. The first kappa shape index (κ1) is 8.70. The molecule has 1 rings (SSSR count). The van der Waals surface area contributed by atoms with Crippen LogP contribution < -0.4 is 5.32 Å². The molecule has 0 unspecified atom stereocenters. The van der Waals surface area contributed by atoms with Gasteiger partial charge >= 0.3 is 0 Å². The van der Waals surface area contributed by atoms with E-state index in [2.05, 4.69) is 10.3 Å². The van der Waals surface area contributed by atoms with Gasteiger partial charge < -0.3 is 9.73 Å². The highest BCUT2D eigenvalue weighted by molar-refractivity contribution is 5.92. The summed E-state index contributed by atoms with van der Waals surface area (Å²) >= 11 is 0. The van der Waals surface area contributed by atoms with Gasteiger partial charge in [0.1, 0.15) is 12.4 Å². The van der Waals surface area contributed by atoms with E-state index in [-0.39, 0.29) is 12.2 Å². The number of rotatable bonds is 3. The van der Waals surface area contributed by atoms with E-state index in [1.54, 1.807) is 6.92 Å². The van der Waals surface area contributed by atoms with Gasteiger partial charge in [-0.15, -0.1) is 0 Å². The smallest absolute Gasteiger partial charge is 0.273 e. The molecule has 4 nitrogen and oxygen atoms in total. The lowest BCUT2D eigenvalue weighted by Crippen LogP contribution is -2.26. The van der Waals surface area contributed by atoms with Crippen LogP contribution in [-0.2, 0) is 0 Å². The number of hydrogen-bond acceptors (Lipinski definition) is 3. The van der Waals surface area contributed by atoms with Crippen LogP contribution in [0.3, 0.4) is 0 Å². The molecule has 5 heteroatoms. The molecule has 0 saturated heterocycles. The third-order valence-electron chi connectivity index (χ3n) is 1.34. The fraction of sp³-hybridized carbons (Fsp3) is 0.429. The van der Waals surface area contributed by atoms with Crippen LogP contribution in [-0.4, -0.2) is 24.1 Å². The van der Waals surface area contributed by atoms with Gasteiger partial charge in [-0.05, 0) is 6.92 Å². The second-order valence-corrected chi connectivity index (χ2v) is 2.20. The number of carbonyl (C=O) groups excluding carboxylic acids is 1. The van der Waals surface area contributed by atoms with Gasteiger partial charge in [-0.1, -0.05) is 0 Å². The third-order valence-corrected chi connectivity index (χ3v) is 1.34. The molecule has 0 atom stereocenters. The quantitative estimate of drug-likeness (QED) is 0.729. The Balaban J connectivity index is 2.59. The molecule has 0 aliphatic heterocycles. The van der Waals surface area contributed by atoms with E-state index in [1.165, 1.54) is 6.39 Å². The number of alkyl halides is 1. The number of nitrogens with one attached hydrogen (secondary N) is 1. The maximum absolute atomic E-state index is 11.6. The van der Waals surface area contributed by atoms with E-state index >= 15 is 0 Å². The average molecular weight is 172 g/mol. The molecule has 0 spiro atoms. The van der Waals surface area contributed by atoms with Crippen molar-refractivity contribution in [2.45, 2.75) is 6.92 Å². The Morgan fingerprint density at radius 3 is 3.08 bits per heavy atom. The zero-order valence-electron chi connectivity index (χ0n) is 6.63. The Morgan fingerprint density at radius 2 is 2.58 bits per heavy atom. The topological polar surface area (TPSA) is 55.1 Å². The van der Waals surface area contributed by atoms with Crippen LogP contribution in [0.25, 0.3) is 0 Å². The Bertz CT molecular complexity index is 272. The predicted octanol–water partition coefficient (Wildman–Crippen LogP) is 0.682. The van der Waals surface area contributed by atoms with Crippen LogP contribution in [0.15, 0.2) is 10.8 Å². The lowest BCUT2D eigenvalue weighted by atomic mass is 10.3. The third kappa shape index (κ3) is 1.81. The standard InChI is InChI=1S/C7H9FN2O2/c1-5-6(10-4-12-5)7(11)9-3-2-8/h4H,2-3H2,1H3,(H,9,11). The van der Waals surface area contributed by atoms with Crippen LogP contribution in [0.5, 0.6) is 0 Å². The molecule has 0 saturated carbocycles. The van der Waals surface area contributed by atoms with Gasteiger partial charge in [0, 0.05) is 6.54 Å². The van der Waals surface area contributed by atoms with Gasteiger partial charge in [0.2, 0.25) is 0 Å². The molecular weight excluding hydrogens is 163 g/mol. The first-order valence-corrected chi connectivity index (χ1v) is 3.50. The summed E-state index contributed by atoms with van der Waals surface area (Å²) in [5.74, 6) is 0.0326. The highest BCUT2D eigenvalue weighted by Crippen LogP contribution is 2.03. The van der Waals surface area contributed by atoms with E-state index in [0.29, 0.717) is 5.76 Å². The first-order chi connectivity index (χ1) is 5.75. The van der Waals surface area contributed by atoms with Crippen molar-refractivity contribution >= 4 is 5.91 Å². The highest BCUT2D eigenvalue weighted by atomic mass is 19.1. The van der Waals surface area contributed by atoms with Crippen molar-refractivity contribution in [1.29, 1.82) is 0 Å². The summed E-state index contributed by atoms with van der Waals surface area (Å²) in [7, 11) is 0. The minimum absolute atomic E-state index is 0.00509. The molecule has 1 aromatic heterocycles. The minimum atomic E-state index is -0.581. The summed E-state index contributed by atoms with van der Waals surface area (Å²) < 4.78 is 16.4. The van der Waals surface area contributed by atoms with Crippen molar-refractivity contribution in [2.24, 2.45) is 0 Å². The second-order valence-electron chi connectivity index (χ2n) is 2.20. The van der Waals surface area contributed by atoms with Gasteiger partial charge in [0.15, 0.2) is 12.1 Å². The number of aryl methyl sites for hydroxylation is 1. The zero-order chi connectivity index (χ0) is 8.97. The maximum atomic E-state index is 11.6. The second kappa shape index (κ2) is 3.85. The molecule has 0 aliphatic carbocycles.